The molecule has 124 valence electrons. The Kier molecular flexibility index (Phi) is 8.80. The molecular formula is C18H23ClN2O2. The fraction of sp³-hybridized carbons (Fsp3) is 0.278. The normalized spacial score (nSPS) is 9.78. The van der Waals surface area contributed by atoms with Crippen LogP contribution in [0.4, 0.5) is 0 Å². The summed E-state index contributed by atoms with van der Waals surface area (Å²) in [5, 5.41) is 5.89. The van der Waals surface area contributed by atoms with Crippen LogP contribution in [0.15, 0.2) is 54.6 Å². The Hall–Kier alpha value is -2.04. The van der Waals surface area contributed by atoms with Gasteiger partial charge in [-0.05, 0) is 31.6 Å². The van der Waals surface area contributed by atoms with Crippen molar-refractivity contribution in [3.8, 4) is 16.9 Å². The predicted octanol–water partition coefficient (Wildman–Crippen LogP) is 2.88. The number of amides is 1. The summed E-state index contributed by atoms with van der Waals surface area (Å²) in [7, 11) is 1.89. The minimum Gasteiger partial charge on any atom is -0.483 e. The second-order valence-corrected chi connectivity index (χ2v) is 4.96. The van der Waals surface area contributed by atoms with Gasteiger partial charge in [0.2, 0.25) is 0 Å². The van der Waals surface area contributed by atoms with E-state index in [4.69, 9.17) is 4.74 Å². The van der Waals surface area contributed by atoms with Crippen molar-refractivity contribution in [2.75, 3.05) is 26.7 Å². The van der Waals surface area contributed by atoms with Gasteiger partial charge in [-0.1, -0.05) is 48.5 Å². The fourth-order valence-electron chi connectivity index (χ4n) is 2.14. The Morgan fingerprint density at radius 3 is 2.43 bits per heavy atom. The lowest BCUT2D eigenvalue weighted by atomic mass is 10.1. The van der Waals surface area contributed by atoms with Crippen molar-refractivity contribution >= 4 is 18.3 Å². The quantitative estimate of drug-likeness (QED) is 0.730. The third-order valence-corrected chi connectivity index (χ3v) is 3.26. The Bertz CT molecular complexity index is 591. The standard InChI is InChI=1S/C18H22N2O2.ClH/c1-19-12-7-13-20-18(21)14-22-17-11-6-5-10-16(17)15-8-3-2-4-9-15;/h2-6,8-11,19H,7,12-14H2,1H3,(H,20,21);1H. The summed E-state index contributed by atoms with van der Waals surface area (Å²) in [6.45, 7) is 1.57. The van der Waals surface area contributed by atoms with E-state index in [1.165, 1.54) is 0 Å². The highest BCUT2D eigenvalue weighted by Gasteiger charge is 2.07. The summed E-state index contributed by atoms with van der Waals surface area (Å²) in [6, 6.07) is 17.8. The zero-order chi connectivity index (χ0) is 15.6. The molecule has 23 heavy (non-hydrogen) atoms. The van der Waals surface area contributed by atoms with E-state index in [1.807, 2.05) is 61.6 Å². The molecule has 0 radical (unpaired) electrons. The van der Waals surface area contributed by atoms with Crippen molar-refractivity contribution in [1.29, 1.82) is 0 Å². The third-order valence-electron chi connectivity index (χ3n) is 3.26. The maximum Gasteiger partial charge on any atom is 0.257 e. The Balaban J connectivity index is 0.00000264. The van der Waals surface area contributed by atoms with E-state index in [0.717, 1.165) is 29.8 Å². The zero-order valence-electron chi connectivity index (χ0n) is 13.2. The molecular weight excluding hydrogens is 312 g/mol. The number of hydrogen-bond donors (Lipinski definition) is 2. The van der Waals surface area contributed by atoms with Gasteiger partial charge in [-0.25, -0.2) is 0 Å². The molecule has 0 aliphatic rings. The average molecular weight is 335 g/mol. The molecule has 0 aromatic heterocycles. The molecule has 0 saturated carbocycles. The van der Waals surface area contributed by atoms with Crippen LogP contribution in [0.25, 0.3) is 11.1 Å². The summed E-state index contributed by atoms with van der Waals surface area (Å²) in [4.78, 5) is 11.8. The first-order valence-corrected chi connectivity index (χ1v) is 7.50. The van der Waals surface area contributed by atoms with Crippen molar-refractivity contribution in [2.45, 2.75) is 6.42 Å². The number of para-hydroxylation sites is 1. The molecule has 0 unspecified atom stereocenters. The summed E-state index contributed by atoms with van der Waals surface area (Å²) < 4.78 is 5.68. The first-order valence-electron chi connectivity index (χ1n) is 7.50. The molecule has 2 aromatic rings. The van der Waals surface area contributed by atoms with Gasteiger partial charge in [0.25, 0.3) is 5.91 Å². The SMILES string of the molecule is CNCCCNC(=O)COc1ccccc1-c1ccccc1.Cl. The van der Waals surface area contributed by atoms with Crippen molar-refractivity contribution in [3.63, 3.8) is 0 Å². The number of hydrogen-bond acceptors (Lipinski definition) is 3. The zero-order valence-corrected chi connectivity index (χ0v) is 14.1. The molecule has 0 aliphatic carbocycles. The van der Waals surface area contributed by atoms with E-state index in [1.54, 1.807) is 0 Å². The van der Waals surface area contributed by atoms with E-state index in [-0.39, 0.29) is 24.9 Å². The van der Waals surface area contributed by atoms with Crippen LogP contribution < -0.4 is 15.4 Å². The second-order valence-electron chi connectivity index (χ2n) is 4.96. The molecule has 2 aromatic carbocycles. The van der Waals surface area contributed by atoms with Gasteiger partial charge in [-0.2, -0.15) is 0 Å². The van der Waals surface area contributed by atoms with Crippen LogP contribution in [0.5, 0.6) is 5.75 Å². The maximum absolute atomic E-state index is 11.8. The molecule has 0 saturated heterocycles. The van der Waals surface area contributed by atoms with Crippen molar-refractivity contribution in [3.05, 3.63) is 54.6 Å². The van der Waals surface area contributed by atoms with E-state index in [9.17, 15) is 4.79 Å². The van der Waals surface area contributed by atoms with Crippen LogP contribution >= 0.6 is 12.4 Å². The number of ether oxygens (including phenoxy) is 1. The van der Waals surface area contributed by atoms with E-state index < -0.39 is 0 Å². The van der Waals surface area contributed by atoms with Crippen LogP contribution in [0.3, 0.4) is 0 Å². The molecule has 2 N–H and O–H groups in total. The van der Waals surface area contributed by atoms with Crippen LogP contribution in [0.1, 0.15) is 6.42 Å². The minimum atomic E-state index is -0.0982. The number of carbonyl (C=O) groups excluding carboxylic acids is 1. The van der Waals surface area contributed by atoms with Gasteiger partial charge in [0, 0.05) is 12.1 Å². The summed E-state index contributed by atoms with van der Waals surface area (Å²) in [6.07, 6.45) is 0.906. The molecule has 0 heterocycles. The van der Waals surface area contributed by atoms with Gasteiger partial charge in [0.15, 0.2) is 6.61 Å². The summed E-state index contributed by atoms with van der Waals surface area (Å²) in [5.74, 6) is 0.623. The number of halogens is 1. The smallest absolute Gasteiger partial charge is 0.257 e. The summed E-state index contributed by atoms with van der Waals surface area (Å²) >= 11 is 0. The molecule has 0 fully saturated rings. The predicted molar refractivity (Wildman–Crippen MR) is 96.2 cm³/mol. The number of benzene rings is 2. The topological polar surface area (TPSA) is 50.4 Å². The fourth-order valence-corrected chi connectivity index (χ4v) is 2.14. The largest absolute Gasteiger partial charge is 0.483 e. The Morgan fingerprint density at radius 1 is 1.00 bits per heavy atom. The van der Waals surface area contributed by atoms with Gasteiger partial charge < -0.3 is 15.4 Å². The molecule has 1 amide bonds. The van der Waals surface area contributed by atoms with Crippen molar-refractivity contribution in [2.24, 2.45) is 0 Å². The molecule has 0 atom stereocenters. The van der Waals surface area contributed by atoms with E-state index in [2.05, 4.69) is 10.6 Å². The van der Waals surface area contributed by atoms with Crippen molar-refractivity contribution < 1.29 is 9.53 Å². The Labute approximate surface area is 143 Å². The van der Waals surface area contributed by atoms with Gasteiger partial charge >= 0.3 is 0 Å². The van der Waals surface area contributed by atoms with Gasteiger partial charge in [-0.15, -0.1) is 12.4 Å². The highest BCUT2D eigenvalue weighted by Crippen LogP contribution is 2.29. The van der Waals surface area contributed by atoms with Crippen LogP contribution in [-0.2, 0) is 4.79 Å². The number of rotatable bonds is 8. The third kappa shape index (κ3) is 6.30. The second kappa shape index (κ2) is 10.6. The highest BCUT2D eigenvalue weighted by atomic mass is 35.5. The lowest BCUT2D eigenvalue weighted by Gasteiger charge is -2.11. The molecule has 5 heteroatoms. The molecule has 2 rings (SSSR count). The van der Waals surface area contributed by atoms with Gasteiger partial charge in [0.05, 0.1) is 0 Å². The first kappa shape index (κ1) is 19.0. The van der Waals surface area contributed by atoms with Crippen molar-refractivity contribution in [1.82, 2.24) is 10.6 Å². The van der Waals surface area contributed by atoms with Gasteiger partial charge in [0.1, 0.15) is 5.75 Å². The molecule has 0 spiro atoms. The first-order chi connectivity index (χ1) is 10.8. The van der Waals surface area contributed by atoms with E-state index in [0.29, 0.717) is 6.54 Å². The van der Waals surface area contributed by atoms with Crippen LogP contribution in [-0.4, -0.2) is 32.7 Å². The average Bonchev–Trinajstić information content (AvgIpc) is 2.58. The monoisotopic (exact) mass is 334 g/mol. The van der Waals surface area contributed by atoms with Crippen LogP contribution in [0, 0.1) is 0 Å². The molecule has 4 nitrogen and oxygen atoms in total. The molecule has 0 aliphatic heterocycles. The van der Waals surface area contributed by atoms with Gasteiger partial charge in [-0.3, -0.25) is 4.79 Å². The number of nitrogens with one attached hydrogen (secondary N) is 2. The van der Waals surface area contributed by atoms with Crippen LogP contribution in [0.2, 0.25) is 0 Å². The summed E-state index contributed by atoms with van der Waals surface area (Å²) in [5.41, 5.74) is 2.07. The maximum atomic E-state index is 11.8. The Morgan fingerprint density at radius 2 is 1.70 bits per heavy atom. The van der Waals surface area contributed by atoms with E-state index >= 15 is 0 Å². The minimum absolute atomic E-state index is 0. The molecule has 0 bridgehead atoms. The lowest BCUT2D eigenvalue weighted by molar-refractivity contribution is -0.123. The highest BCUT2D eigenvalue weighted by molar-refractivity contribution is 5.85. The lowest BCUT2D eigenvalue weighted by Crippen LogP contribution is -2.31. The number of carbonyl (C=O) groups is 1.